The molecule has 5 aromatic rings. The molecule has 0 aliphatic carbocycles. The van der Waals surface area contributed by atoms with Crippen LogP contribution < -0.4 is 4.74 Å². The Morgan fingerprint density at radius 1 is 0.946 bits per heavy atom. The zero-order chi connectivity index (χ0) is 25.2. The lowest BCUT2D eigenvalue weighted by Crippen LogP contribution is -2.31. The zero-order valence-electron chi connectivity index (χ0n) is 20.1. The minimum absolute atomic E-state index is 0.204. The van der Waals surface area contributed by atoms with Gasteiger partial charge in [0, 0.05) is 29.7 Å². The van der Waals surface area contributed by atoms with E-state index >= 15 is 4.39 Å². The number of hydrogen-bond acceptors (Lipinski definition) is 4. The normalized spacial score (nSPS) is 15.0. The molecule has 1 atom stereocenters. The summed E-state index contributed by atoms with van der Waals surface area (Å²) in [6.45, 7) is 1.91. The molecular weight excluding hydrogens is 489 g/mol. The molecule has 3 heterocycles. The Hall–Kier alpha value is -3.74. The molecule has 186 valence electrons. The van der Waals surface area contributed by atoms with E-state index in [9.17, 15) is 0 Å². The Kier molecular flexibility index (Phi) is 6.60. The zero-order valence-corrected chi connectivity index (χ0v) is 20.9. The van der Waals surface area contributed by atoms with Crippen molar-refractivity contribution in [3.05, 3.63) is 113 Å². The number of rotatable bonds is 8. The van der Waals surface area contributed by atoms with E-state index < -0.39 is 0 Å². The Morgan fingerprint density at radius 3 is 2.54 bits per heavy atom. The highest BCUT2D eigenvalue weighted by atomic mass is 35.5. The number of aromatic nitrogens is 3. The average Bonchev–Trinajstić information content (AvgIpc) is 3.23. The highest BCUT2D eigenvalue weighted by Crippen LogP contribution is 2.27. The van der Waals surface area contributed by atoms with Gasteiger partial charge in [-0.15, -0.1) is 0 Å². The van der Waals surface area contributed by atoms with Crippen molar-refractivity contribution in [3.8, 4) is 17.1 Å². The van der Waals surface area contributed by atoms with Crippen molar-refractivity contribution in [1.29, 1.82) is 0 Å². The van der Waals surface area contributed by atoms with E-state index in [4.69, 9.17) is 26.1 Å². The third-order valence-corrected chi connectivity index (χ3v) is 6.86. The van der Waals surface area contributed by atoms with Crippen molar-refractivity contribution >= 4 is 22.6 Å². The van der Waals surface area contributed by atoms with Crippen LogP contribution in [0.3, 0.4) is 0 Å². The fraction of sp³-hybridized carbons (Fsp3) is 0.200. The van der Waals surface area contributed by atoms with Gasteiger partial charge in [-0.25, -0.2) is 14.4 Å². The Labute approximate surface area is 219 Å². The third-order valence-electron chi connectivity index (χ3n) is 6.61. The minimum Gasteiger partial charge on any atom is -0.473 e. The largest absolute Gasteiger partial charge is 0.473 e. The predicted octanol–water partition coefficient (Wildman–Crippen LogP) is 6.85. The first-order chi connectivity index (χ1) is 18.1. The van der Waals surface area contributed by atoms with Crippen molar-refractivity contribution < 1.29 is 13.9 Å². The van der Waals surface area contributed by atoms with Gasteiger partial charge >= 0.3 is 0 Å². The second-order valence-electron chi connectivity index (χ2n) is 9.18. The number of halogens is 2. The van der Waals surface area contributed by atoms with Gasteiger partial charge in [-0.3, -0.25) is 0 Å². The van der Waals surface area contributed by atoms with Crippen LogP contribution in [0.25, 0.3) is 22.3 Å². The molecule has 2 aromatic heterocycles. The standard InChI is InChI=1S/C30H25ClFN3O2/c31-22-11-8-20(9-12-22)19-37-30-7-3-5-26(34-30)24-13-10-21(16-25(24)32)17-29-33-27-4-1-2-6-28(27)35(29)18-23-14-15-36-23/h1-13,16,23H,14-15,17-19H2/t23-/m0/s1. The lowest BCUT2D eigenvalue weighted by molar-refractivity contribution is -0.0589. The maximum absolute atomic E-state index is 15.3. The number of benzene rings is 3. The monoisotopic (exact) mass is 513 g/mol. The Morgan fingerprint density at radius 2 is 1.76 bits per heavy atom. The van der Waals surface area contributed by atoms with E-state index in [1.54, 1.807) is 24.3 Å². The number of para-hydroxylation sites is 2. The van der Waals surface area contributed by atoms with E-state index in [1.807, 2.05) is 54.6 Å². The minimum atomic E-state index is -0.329. The van der Waals surface area contributed by atoms with Crippen molar-refractivity contribution in [1.82, 2.24) is 14.5 Å². The summed E-state index contributed by atoms with van der Waals surface area (Å²) in [6, 6.07) is 26.2. The van der Waals surface area contributed by atoms with Crippen molar-refractivity contribution in [2.24, 2.45) is 0 Å². The summed E-state index contributed by atoms with van der Waals surface area (Å²) in [7, 11) is 0. The first kappa shape index (κ1) is 23.6. The molecule has 7 heteroatoms. The summed E-state index contributed by atoms with van der Waals surface area (Å²) in [5, 5.41) is 0.674. The van der Waals surface area contributed by atoms with Crippen LogP contribution in [0.4, 0.5) is 4.39 Å². The maximum atomic E-state index is 15.3. The first-order valence-electron chi connectivity index (χ1n) is 12.3. The van der Waals surface area contributed by atoms with Crippen molar-refractivity contribution in [3.63, 3.8) is 0 Å². The second-order valence-corrected chi connectivity index (χ2v) is 9.61. The molecule has 0 spiro atoms. The van der Waals surface area contributed by atoms with Crippen molar-refractivity contribution in [2.75, 3.05) is 6.61 Å². The summed E-state index contributed by atoms with van der Waals surface area (Å²) < 4.78 is 29.0. The number of fused-ring (bicyclic) bond motifs is 1. The molecular formula is C30H25ClFN3O2. The smallest absolute Gasteiger partial charge is 0.214 e. The van der Waals surface area contributed by atoms with Gasteiger partial charge < -0.3 is 14.0 Å². The van der Waals surface area contributed by atoms with E-state index in [-0.39, 0.29) is 11.9 Å². The molecule has 1 saturated heterocycles. The molecule has 0 N–H and O–H groups in total. The number of ether oxygens (including phenoxy) is 2. The molecule has 5 nitrogen and oxygen atoms in total. The van der Waals surface area contributed by atoms with Gasteiger partial charge in [-0.1, -0.05) is 48.0 Å². The fourth-order valence-corrected chi connectivity index (χ4v) is 4.66. The molecule has 0 saturated carbocycles. The lowest BCUT2D eigenvalue weighted by atomic mass is 10.1. The first-order valence-corrected chi connectivity index (χ1v) is 12.7. The van der Waals surface area contributed by atoms with E-state index in [0.29, 0.717) is 35.2 Å². The SMILES string of the molecule is Fc1cc(Cc2nc3ccccc3n2C[C@@H]2CCO2)ccc1-c1cccc(OCc2ccc(Cl)cc2)n1. The van der Waals surface area contributed by atoms with Crippen LogP contribution in [0.5, 0.6) is 5.88 Å². The van der Waals surface area contributed by atoms with Crippen LogP contribution >= 0.6 is 11.6 Å². The van der Waals surface area contributed by atoms with Crippen LogP contribution in [-0.2, 0) is 24.3 Å². The van der Waals surface area contributed by atoms with Gasteiger partial charge in [0.25, 0.3) is 0 Å². The highest BCUT2D eigenvalue weighted by Gasteiger charge is 2.22. The number of hydrogen-bond donors (Lipinski definition) is 0. The van der Waals surface area contributed by atoms with E-state index in [0.717, 1.165) is 47.6 Å². The van der Waals surface area contributed by atoms with Crippen LogP contribution in [0.2, 0.25) is 5.02 Å². The summed E-state index contributed by atoms with van der Waals surface area (Å²) in [5.74, 6) is 1.01. The van der Waals surface area contributed by atoms with Gasteiger partial charge in [-0.05, 0) is 60.0 Å². The molecule has 37 heavy (non-hydrogen) atoms. The number of imidazole rings is 1. The molecule has 0 amide bonds. The summed E-state index contributed by atoms with van der Waals surface area (Å²) in [4.78, 5) is 9.36. The lowest BCUT2D eigenvalue weighted by Gasteiger charge is -2.27. The summed E-state index contributed by atoms with van der Waals surface area (Å²) >= 11 is 5.94. The third kappa shape index (κ3) is 5.22. The fourth-order valence-electron chi connectivity index (χ4n) is 4.54. The van der Waals surface area contributed by atoms with E-state index in [2.05, 4.69) is 15.6 Å². The van der Waals surface area contributed by atoms with E-state index in [1.165, 1.54) is 0 Å². The number of nitrogens with zero attached hydrogens (tertiary/aromatic N) is 3. The van der Waals surface area contributed by atoms with Crippen LogP contribution in [0.15, 0.2) is 84.9 Å². The molecule has 0 radical (unpaired) electrons. The van der Waals surface area contributed by atoms with Gasteiger partial charge in [-0.2, -0.15) is 0 Å². The maximum Gasteiger partial charge on any atom is 0.214 e. The van der Waals surface area contributed by atoms with Crippen LogP contribution in [-0.4, -0.2) is 27.2 Å². The Balaban J connectivity index is 1.21. The van der Waals surface area contributed by atoms with Gasteiger partial charge in [0.05, 0.1) is 29.4 Å². The predicted molar refractivity (Wildman–Crippen MR) is 142 cm³/mol. The second kappa shape index (κ2) is 10.3. The van der Waals surface area contributed by atoms with Gasteiger partial charge in [0.2, 0.25) is 5.88 Å². The quantitative estimate of drug-likeness (QED) is 0.228. The molecule has 0 bridgehead atoms. The number of pyridine rings is 1. The molecule has 1 aliphatic rings. The molecule has 3 aromatic carbocycles. The topological polar surface area (TPSA) is 49.2 Å². The molecule has 1 fully saturated rings. The molecule has 0 unspecified atom stereocenters. The van der Waals surface area contributed by atoms with Gasteiger partial charge in [0.1, 0.15) is 18.2 Å². The van der Waals surface area contributed by atoms with Gasteiger partial charge in [0.15, 0.2) is 0 Å². The van der Waals surface area contributed by atoms with Crippen LogP contribution in [0.1, 0.15) is 23.4 Å². The highest BCUT2D eigenvalue weighted by molar-refractivity contribution is 6.30. The average molecular weight is 514 g/mol. The summed E-state index contributed by atoms with van der Waals surface area (Å²) in [5.41, 5.74) is 4.78. The summed E-state index contributed by atoms with van der Waals surface area (Å²) in [6.07, 6.45) is 1.77. The molecule has 1 aliphatic heterocycles. The molecule has 6 rings (SSSR count). The van der Waals surface area contributed by atoms with Crippen molar-refractivity contribution in [2.45, 2.75) is 32.1 Å². The Bertz CT molecular complexity index is 1550. The van der Waals surface area contributed by atoms with Crippen LogP contribution in [0, 0.1) is 5.82 Å².